The summed E-state index contributed by atoms with van der Waals surface area (Å²) < 4.78 is 43.3. The van der Waals surface area contributed by atoms with E-state index in [1.807, 2.05) is 0 Å². The van der Waals surface area contributed by atoms with Crippen molar-refractivity contribution in [2.45, 2.75) is 19.0 Å². The van der Waals surface area contributed by atoms with E-state index in [1.165, 1.54) is 12.1 Å². The van der Waals surface area contributed by atoms with Crippen LogP contribution >= 0.6 is 0 Å². The first-order valence-electron chi connectivity index (χ1n) is 8.34. The van der Waals surface area contributed by atoms with Gasteiger partial charge in [-0.15, -0.1) is 0 Å². The van der Waals surface area contributed by atoms with Crippen LogP contribution in [0.5, 0.6) is 5.75 Å². The maximum absolute atomic E-state index is 12.7. The Morgan fingerprint density at radius 1 is 1.15 bits per heavy atom. The molecule has 0 saturated carbocycles. The number of benzene rings is 2. The van der Waals surface area contributed by atoms with Crippen molar-refractivity contribution in [1.82, 2.24) is 0 Å². The van der Waals surface area contributed by atoms with Gasteiger partial charge in [0.2, 0.25) is 5.91 Å². The molecule has 0 unspecified atom stereocenters. The van der Waals surface area contributed by atoms with E-state index < -0.39 is 24.3 Å². The van der Waals surface area contributed by atoms with Crippen LogP contribution in [0.1, 0.15) is 18.4 Å². The van der Waals surface area contributed by atoms with Crippen LogP contribution in [0.3, 0.4) is 0 Å². The zero-order valence-corrected chi connectivity index (χ0v) is 14.3. The van der Waals surface area contributed by atoms with Crippen molar-refractivity contribution in [3.63, 3.8) is 0 Å². The van der Waals surface area contributed by atoms with Crippen molar-refractivity contribution in [2.75, 3.05) is 23.4 Å². The second kappa shape index (κ2) is 7.69. The van der Waals surface area contributed by atoms with Gasteiger partial charge in [0.05, 0.1) is 16.9 Å². The molecule has 142 valence electrons. The molecule has 1 fully saturated rings. The second-order valence-corrected chi connectivity index (χ2v) is 6.03. The molecule has 0 aliphatic carbocycles. The Kier molecular flexibility index (Phi) is 5.34. The van der Waals surface area contributed by atoms with Crippen LogP contribution in [-0.4, -0.2) is 25.0 Å². The standard InChI is InChI=1S/C19H17F3N2O3/c20-19(21,22)13-5-3-6-14(11-13)27-12-17(25)23-15-7-1-2-8-16(15)24-10-4-9-18(24)26/h1-3,5-8,11H,4,9-10,12H2,(H,23,25). The summed E-state index contributed by atoms with van der Waals surface area (Å²) in [7, 11) is 0. The zero-order chi connectivity index (χ0) is 19.4. The maximum atomic E-state index is 12.7. The first kappa shape index (κ1) is 18.8. The van der Waals surface area contributed by atoms with E-state index in [1.54, 1.807) is 29.2 Å². The van der Waals surface area contributed by atoms with Gasteiger partial charge < -0.3 is 15.0 Å². The summed E-state index contributed by atoms with van der Waals surface area (Å²) in [5, 5.41) is 2.64. The highest BCUT2D eigenvalue weighted by molar-refractivity contribution is 6.02. The molecule has 3 rings (SSSR count). The summed E-state index contributed by atoms with van der Waals surface area (Å²) in [5.41, 5.74) is 0.191. The number of alkyl halides is 3. The average Bonchev–Trinajstić information content (AvgIpc) is 3.06. The third-order valence-corrected chi connectivity index (χ3v) is 4.07. The topological polar surface area (TPSA) is 58.6 Å². The minimum absolute atomic E-state index is 0.0167. The highest BCUT2D eigenvalue weighted by Crippen LogP contribution is 2.31. The van der Waals surface area contributed by atoms with Crippen LogP contribution in [0.2, 0.25) is 0 Å². The molecule has 1 saturated heterocycles. The number of amides is 2. The molecule has 27 heavy (non-hydrogen) atoms. The van der Waals surface area contributed by atoms with E-state index in [0.29, 0.717) is 24.3 Å². The van der Waals surface area contributed by atoms with Crippen LogP contribution in [0.15, 0.2) is 48.5 Å². The van der Waals surface area contributed by atoms with Gasteiger partial charge in [-0.25, -0.2) is 0 Å². The minimum atomic E-state index is -4.48. The smallest absolute Gasteiger partial charge is 0.416 e. The molecule has 5 nitrogen and oxygen atoms in total. The highest BCUT2D eigenvalue weighted by atomic mass is 19.4. The Balaban J connectivity index is 1.65. The highest BCUT2D eigenvalue weighted by Gasteiger charge is 2.30. The number of halogens is 3. The number of nitrogens with one attached hydrogen (secondary N) is 1. The first-order valence-corrected chi connectivity index (χ1v) is 8.34. The Morgan fingerprint density at radius 3 is 2.63 bits per heavy atom. The van der Waals surface area contributed by atoms with Crippen molar-refractivity contribution in [1.29, 1.82) is 0 Å². The fourth-order valence-corrected chi connectivity index (χ4v) is 2.81. The summed E-state index contributed by atoms with van der Waals surface area (Å²) in [4.78, 5) is 25.7. The number of anilines is 2. The molecule has 1 heterocycles. The third kappa shape index (κ3) is 4.58. The Morgan fingerprint density at radius 2 is 1.93 bits per heavy atom. The Bertz CT molecular complexity index is 852. The summed E-state index contributed by atoms with van der Waals surface area (Å²) in [6, 6.07) is 11.2. The van der Waals surface area contributed by atoms with E-state index >= 15 is 0 Å². The number of hydrogen-bond donors (Lipinski definition) is 1. The van der Waals surface area contributed by atoms with Crippen molar-refractivity contribution in [3.8, 4) is 5.75 Å². The summed E-state index contributed by atoms with van der Waals surface area (Å²) >= 11 is 0. The molecular formula is C19H17F3N2O3. The fourth-order valence-electron chi connectivity index (χ4n) is 2.81. The number of hydrogen-bond acceptors (Lipinski definition) is 3. The fraction of sp³-hybridized carbons (Fsp3) is 0.263. The van der Waals surface area contributed by atoms with E-state index in [0.717, 1.165) is 18.6 Å². The van der Waals surface area contributed by atoms with Gasteiger partial charge in [-0.1, -0.05) is 18.2 Å². The van der Waals surface area contributed by atoms with Crippen LogP contribution in [-0.2, 0) is 15.8 Å². The molecule has 2 aromatic carbocycles. The van der Waals surface area contributed by atoms with Gasteiger partial charge in [-0.2, -0.15) is 13.2 Å². The molecule has 1 aliphatic heterocycles. The minimum Gasteiger partial charge on any atom is -0.484 e. The molecule has 1 aliphatic rings. The third-order valence-electron chi connectivity index (χ3n) is 4.07. The number of para-hydroxylation sites is 2. The normalized spacial score (nSPS) is 14.3. The van der Waals surface area contributed by atoms with Gasteiger partial charge in [-0.05, 0) is 36.8 Å². The van der Waals surface area contributed by atoms with Crippen molar-refractivity contribution >= 4 is 23.2 Å². The van der Waals surface area contributed by atoms with Gasteiger partial charge in [0.1, 0.15) is 5.75 Å². The molecule has 1 N–H and O–H groups in total. The number of ether oxygens (including phenoxy) is 1. The molecule has 0 spiro atoms. The average molecular weight is 378 g/mol. The van der Waals surface area contributed by atoms with Crippen LogP contribution in [0.25, 0.3) is 0 Å². The van der Waals surface area contributed by atoms with E-state index in [4.69, 9.17) is 4.74 Å². The Labute approximate surface area is 153 Å². The lowest BCUT2D eigenvalue weighted by atomic mass is 10.2. The second-order valence-electron chi connectivity index (χ2n) is 6.03. The van der Waals surface area contributed by atoms with Crippen molar-refractivity contribution < 1.29 is 27.5 Å². The number of rotatable bonds is 5. The molecule has 0 bridgehead atoms. The van der Waals surface area contributed by atoms with Crippen molar-refractivity contribution in [3.05, 3.63) is 54.1 Å². The zero-order valence-electron chi connectivity index (χ0n) is 14.3. The predicted molar refractivity (Wildman–Crippen MR) is 93.6 cm³/mol. The van der Waals surface area contributed by atoms with E-state index in [9.17, 15) is 22.8 Å². The quantitative estimate of drug-likeness (QED) is 0.860. The number of carbonyl (C=O) groups excluding carboxylic acids is 2. The van der Waals surface area contributed by atoms with Gasteiger partial charge in [-0.3, -0.25) is 9.59 Å². The van der Waals surface area contributed by atoms with Crippen molar-refractivity contribution in [2.24, 2.45) is 0 Å². The monoisotopic (exact) mass is 378 g/mol. The lowest BCUT2D eigenvalue weighted by molar-refractivity contribution is -0.137. The number of carbonyl (C=O) groups is 2. The molecule has 0 aromatic heterocycles. The molecule has 8 heteroatoms. The number of nitrogens with zero attached hydrogens (tertiary/aromatic N) is 1. The molecule has 0 radical (unpaired) electrons. The van der Waals surface area contributed by atoms with Gasteiger partial charge in [0, 0.05) is 13.0 Å². The van der Waals surface area contributed by atoms with Gasteiger partial charge >= 0.3 is 6.18 Å². The largest absolute Gasteiger partial charge is 0.484 e. The summed E-state index contributed by atoms with van der Waals surface area (Å²) in [6.07, 6.45) is -3.27. The summed E-state index contributed by atoms with van der Waals surface area (Å²) in [6.45, 7) is 0.121. The van der Waals surface area contributed by atoms with Gasteiger partial charge in [0.25, 0.3) is 5.91 Å². The van der Waals surface area contributed by atoms with E-state index in [-0.39, 0.29) is 11.7 Å². The first-order chi connectivity index (χ1) is 12.8. The lowest BCUT2D eigenvalue weighted by Crippen LogP contribution is -2.27. The van der Waals surface area contributed by atoms with Crippen LogP contribution in [0, 0.1) is 0 Å². The predicted octanol–water partition coefficient (Wildman–Crippen LogP) is 3.85. The molecule has 0 atom stereocenters. The lowest BCUT2D eigenvalue weighted by Gasteiger charge is -2.20. The molecular weight excluding hydrogens is 361 g/mol. The van der Waals surface area contributed by atoms with E-state index in [2.05, 4.69) is 5.32 Å². The van der Waals surface area contributed by atoms with Crippen LogP contribution < -0.4 is 15.0 Å². The summed E-state index contributed by atoms with van der Waals surface area (Å²) in [5.74, 6) is -0.605. The van der Waals surface area contributed by atoms with Gasteiger partial charge in [0.15, 0.2) is 6.61 Å². The molecule has 2 aromatic rings. The SMILES string of the molecule is O=C(COc1cccc(C(F)(F)F)c1)Nc1ccccc1N1CCCC1=O. The Hall–Kier alpha value is -3.03. The molecule has 2 amide bonds. The maximum Gasteiger partial charge on any atom is 0.416 e. The van der Waals surface area contributed by atoms with Crippen LogP contribution in [0.4, 0.5) is 24.5 Å².